The molecule has 1 rings (SSSR count). The molecule has 0 N–H and O–H groups in total. The van der Waals surface area contributed by atoms with E-state index in [2.05, 4.69) is 9.47 Å². The first kappa shape index (κ1) is 14.1. The number of methoxy groups -OCH3 is 1. The average molecular weight is 280 g/mol. The number of ether oxygens (including phenoxy) is 2. The number of esters is 1. The molecule has 0 unspecified atom stereocenters. The molecule has 96 valence electrons. The number of hydrogen-bond donors (Lipinski definition) is 0. The highest BCUT2D eigenvalue weighted by molar-refractivity contribution is 6.32. The Morgan fingerprint density at radius 1 is 1.44 bits per heavy atom. The van der Waals surface area contributed by atoms with Crippen LogP contribution in [0.3, 0.4) is 0 Å². The zero-order valence-electron chi connectivity index (χ0n) is 8.84. The zero-order chi connectivity index (χ0) is 13.9. The van der Waals surface area contributed by atoms with Crippen molar-refractivity contribution in [3.05, 3.63) is 28.3 Å². The van der Waals surface area contributed by atoms with E-state index in [9.17, 15) is 18.0 Å². The lowest BCUT2D eigenvalue weighted by molar-refractivity contribution is -0.274. The van der Waals surface area contributed by atoms with Crippen LogP contribution in [0.25, 0.3) is 0 Å². The van der Waals surface area contributed by atoms with Gasteiger partial charge in [-0.05, 0) is 6.07 Å². The third kappa shape index (κ3) is 3.28. The quantitative estimate of drug-likeness (QED) is 0.781. The SMILES string of the molecule is COC(=O)c1cc(Cl)c(OC(F)(F)F)cc1C#N. The summed E-state index contributed by atoms with van der Waals surface area (Å²) in [5.41, 5.74) is -0.565. The highest BCUT2D eigenvalue weighted by atomic mass is 35.5. The highest BCUT2D eigenvalue weighted by Gasteiger charge is 2.32. The summed E-state index contributed by atoms with van der Waals surface area (Å²) in [7, 11) is 1.07. The van der Waals surface area contributed by atoms with Crippen molar-refractivity contribution in [1.82, 2.24) is 0 Å². The maximum Gasteiger partial charge on any atom is 0.573 e. The smallest absolute Gasteiger partial charge is 0.465 e. The molecule has 0 spiro atoms. The number of alkyl halides is 3. The van der Waals surface area contributed by atoms with Crippen molar-refractivity contribution < 1.29 is 27.4 Å². The second-order valence-corrected chi connectivity index (χ2v) is 3.39. The van der Waals surface area contributed by atoms with Crippen molar-refractivity contribution in [3.8, 4) is 11.8 Å². The Labute approximate surface area is 104 Å². The minimum absolute atomic E-state index is 0.237. The van der Waals surface area contributed by atoms with Gasteiger partial charge in [-0.3, -0.25) is 0 Å². The summed E-state index contributed by atoms with van der Waals surface area (Å²) in [5.74, 6) is -1.64. The average Bonchev–Trinajstić information content (AvgIpc) is 2.28. The van der Waals surface area contributed by atoms with E-state index in [1.807, 2.05) is 0 Å². The minimum atomic E-state index is -4.94. The number of halogens is 4. The molecule has 0 aliphatic carbocycles. The van der Waals surface area contributed by atoms with Crippen LogP contribution in [0.15, 0.2) is 12.1 Å². The number of hydrogen-bond acceptors (Lipinski definition) is 4. The number of carbonyl (C=O) groups is 1. The summed E-state index contributed by atoms with van der Waals surface area (Å²) >= 11 is 5.52. The van der Waals surface area contributed by atoms with Crippen LogP contribution in [0.2, 0.25) is 5.02 Å². The number of nitriles is 1. The van der Waals surface area contributed by atoms with Crippen molar-refractivity contribution in [3.63, 3.8) is 0 Å². The number of rotatable bonds is 2. The summed E-state index contributed by atoms with van der Waals surface area (Å²) in [4.78, 5) is 11.2. The predicted octanol–water partition coefficient (Wildman–Crippen LogP) is 2.90. The maximum absolute atomic E-state index is 12.0. The van der Waals surface area contributed by atoms with Crippen LogP contribution in [0.5, 0.6) is 5.75 Å². The van der Waals surface area contributed by atoms with Crippen molar-refractivity contribution in [2.45, 2.75) is 6.36 Å². The van der Waals surface area contributed by atoms with E-state index in [4.69, 9.17) is 16.9 Å². The van der Waals surface area contributed by atoms with Gasteiger partial charge in [0.1, 0.15) is 11.8 Å². The molecule has 4 nitrogen and oxygen atoms in total. The Morgan fingerprint density at radius 2 is 2.06 bits per heavy atom. The number of benzene rings is 1. The van der Waals surface area contributed by atoms with Crippen LogP contribution in [-0.2, 0) is 4.74 Å². The fraction of sp³-hybridized carbons (Fsp3) is 0.200. The van der Waals surface area contributed by atoms with Gasteiger partial charge in [-0.2, -0.15) is 5.26 Å². The van der Waals surface area contributed by atoms with Crippen molar-refractivity contribution >= 4 is 17.6 Å². The third-order valence-corrected chi connectivity index (χ3v) is 2.12. The molecular formula is C10H5ClF3NO3. The van der Waals surface area contributed by atoms with Gasteiger partial charge in [0.2, 0.25) is 0 Å². The van der Waals surface area contributed by atoms with Gasteiger partial charge in [0.05, 0.1) is 23.3 Å². The molecule has 0 aromatic heterocycles. The Kier molecular flexibility index (Phi) is 4.03. The minimum Gasteiger partial charge on any atom is -0.465 e. The van der Waals surface area contributed by atoms with Gasteiger partial charge in [0.25, 0.3) is 0 Å². The first-order valence-corrected chi connectivity index (χ1v) is 4.74. The fourth-order valence-electron chi connectivity index (χ4n) is 1.13. The molecule has 0 amide bonds. The topological polar surface area (TPSA) is 59.3 Å². The molecule has 18 heavy (non-hydrogen) atoms. The van der Waals surface area contributed by atoms with E-state index in [-0.39, 0.29) is 11.1 Å². The largest absolute Gasteiger partial charge is 0.573 e. The van der Waals surface area contributed by atoms with E-state index in [1.165, 1.54) is 0 Å². The molecule has 0 radical (unpaired) electrons. The normalized spacial score (nSPS) is 10.7. The van der Waals surface area contributed by atoms with E-state index in [1.54, 1.807) is 6.07 Å². The molecule has 0 bridgehead atoms. The van der Waals surface area contributed by atoms with Crippen LogP contribution in [0.4, 0.5) is 13.2 Å². The van der Waals surface area contributed by atoms with E-state index >= 15 is 0 Å². The summed E-state index contributed by atoms with van der Waals surface area (Å²) in [6.45, 7) is 0. The summed E-state index contributed by atoms with van der Waals surface area (Å²) in [5, 5.41) is 8.29. The van der Waals surface area contributed by atoms with Gasteiger partial charge >= 0.3 is 12.3 Å². The van der Waals surface area contributed by atoms with E-state index in [0.717, 1.165) is 19.2 Å². The van der Waals surface area contributed by atoms with Crippen molar-refractivity contribution in [2.75, 3.05) is 7.11 Å². The van der Waals surface area contributed by atoms with Crippen LogP contribution < -0.4 is 4.74 Å². The lowest BCUT2D eigenvalue weighted by atomic mass is 10.1. The molecule has 8 heteroatoms. The van der Waals surface area contributed by atoms with Gasteiger partial charge < -0.3 is 9.47 Å². The van der Waals surface area contributed by atoms with Crippen LogP contribution in [-0.4, -0.2) is 19.4 Å². The van der Waals surface area contributed by atoms with Crippen molar-refractivity contribution in [2.24, 2.45) is 0 Å². The summed E-state index contributed by atoms with van der Waals surface area (Å²) in [6.07, 6.45) is -4.94. The molecule has 1 aromatic carbocycles. The second kappa shape index (κ2) is 5.14. The molecule has 0 saturated carbocycles. The predicted molar refractivity (Wildman–Crippen MR) is 54.2 cm³/mol. The Bertz CT molecular complexity index is 522. The van der Waals surface area contributed by atoms with Gasteiger partial charge in [-0.15, -0.1) is 13.2 Å². The standard InChI is InChI=1S/C10H5ClF3NO3/c1-17-9(16)6-3-7(11)8(2-5(6)4-15)18-10(12,13)14/h2-3H,1H3. The Hall–Kier alpha value is -1.94. The summed E-state index contributed by atoms with van der Waals surface area (Å²) < 4.78 is 44.1. The fourth-order valence-corrected chi connectivity index (χ4v) is 1.33. The number of nitrogens with zero attached hydrogens (tertiary/aromatic N) is 1. The van der Waals surface area contributed by atoms with Crippen LogP contribution in [0, 0.1) is 11.3 Å². The lowest BCUT2D eigenvalue weighted by Crippen LogP contribution is -2.18. The van der Waals surface area contributed by atoms with Gasteiger partial charge in [0, 0.05) is 6.07 Å². The third-order valence-electron chi connectivity index (χ3n) is 1.82. The zero-order valence-corrected chi connectivity index (χ0v) is 9.59. The second-order valence-electron chi connectivity index (χ2n) is 2.98. The molecule has 0 saturated heterocycles. The monoisotopic (exact) mass is 279 g/mol. The van der Waals surface area contributed by atoms with E-state index in [0.29, 0.717) is 0 Å². The van der Waals surface area contributed by atoms with Gasteiger partial charge in [-0.25, -0.2) is 4.79 Å². The Balaban J connectivity index is 3.28. The first-order valence-electron chi connectivity index (χ1n) is 4.36. The van der Waals surface area contributed by atoms with Gasteiger partial charge in [-0.1, -0.05) is 11.6 Å². The molecule has 0 aliphatic heterocycles. The molecule has 0 heterocycles. The summed E-state index contributed by atoms with van der Waals surface area (Å²) in [6, 6.07) is 3.16. The van der Waals surface area contributed by atoms with Gasteiger partial charge in [0.15, 0.2) is 0 Å². The number of carbonyl (C=O) groups excluding carboxylic acids is 1. The lowest BCUT2D eigenvalue weighted by Gasteiger charge is -2.11. The molecule has 1 aromatic rings. The molecule has 0 fully saturated rings. The highest BCUT2D eigenvalue weighted by Crippen LogP contribution is 2.32. The van der Waals surface area contributed by atoms with Crippen LogP contribution in [0.1, 0.15) is 15.9 Å². The van der Waals surface area contributed by atoms with Crippen LogP contribution >= 0.6 is 11.6 Å². The Morgan fingerprint density at radius 3 is 2.50 bits per heavy atom. The molecule has 0 aliphatic rings. The molecule has 0 atom stereocenters. The molecular weight excluding hydrogens is 275 g/mol. The maximum atomic E-state index is 12.0. The van der Waals surface area contributed by atoms with E-state index < -0.39 is 23.1 Å². The first-order chi connectivity index (χ1) is 8.28. The van der Waals surface area contributed by atoms with Crippen molar-refractivity contribution in [1.29, 1.82) is 5.26 Å².